The van der Waals surface area contributed by atoms with Gasteiger partial charge in [0.15, 0.2) is 0 Å². The van der Waals surface area contributed by atoms with Crippen molar-refractivity contribution >= 4 is 12.1 Å². The van der Waals surface area contributed by atoms with Gasteiger partial charge in [0.1, 0.15) is 17.4 Å². The molecule has 24 heavy (non-hydrogen) atoms. The van der Waals surface area contributed by atoms with Crippen molar-refractivity contribution in [2.24, 2.45) is 5.92 Å². The van der Waals surface area contributed by atoms with E-state index in [0.29, 0.717) is 19.4 Å². The molecule has 1 aromatic rings. The number of hydrogen-bond donors (Lipinski definition) is 1. The highest BCUT2D eigenvalue weighted by atomic mass is 16.6. The van der Waals surface area contributed by atoms with Gasteiger partial charge in [-0.25, -0.2) is 9.59 Å². The van der Waals surface area contributed by atoms with Crippen molar-refractivity contribution in [3.05, 3.63) is 29.8 Å². The molecule has 0 radical (unpaired) electrons. The Balaban J connectivity index is 2.10. The number of hydrogen-bond acceptors (Lipinski definition) is 4. The van der Waals surface area contributed by atoms with Crippen LogP contribution < -0.4 is 4.74 Å². The predicted molar refractivity (Wildman–Crippen MR) is 89.2 cm³/mol. The third-order valence-electron chi connectivity index (χ3n) is 4.06. The number of nitrogens with zero attached hydrogens (tertiary/aromatic N) is 1. The smallest absolute Gasteiger partial charge is 0.411 e. The molecule has 1 heterocycles. The number of amides is 1. The zero-order chi connectivity index (χ0) is 17.9. The molecule has 132 valence electrons. The van der Waals surface area contributed by atoms with E-state index in [1.54, 1.807) is 27.9 Å². The van der Waals surface area contributed by atoms with Gasteiger partial charge in [0.25, 0.3) is 0 Å². The summed E-state index contributed by atoms with van der Waals surface area (Å²) in [7, 11) is 1.60. The summed E-state index contributed by atoms with van der Waals surface area (Å²) in [5.74, 6) is -0.365. The molecule has 6 heteroatoms. The van der Waals surface area contributed by atoms with E-state index in [0.717, 1.165) is 11.3 Å². The normalized spacial score (nSPS) is 20.8. The third kappa shape index (κ3) is 4.40. The number of carboxylic acids is 1. The van der Waals surface area contributed by atoms with Crippen LogP contribution in [0.15, 0.2) is 24.3 Å². The van der Waals surface area contributed by atoms with Crippen molar-refractivity contribution in [3.8, 4) is 5.75 Å². The summed E-state index contributed by atoms with van der Waals surface area (Å²) in [5, 5.41) is 9.59. The number of carboxylic acid groups (broad SMARTS) is 1. The van der Waals surface area contributed by atoms with Gasteiger partial charge >= 0.3 is 12.1 Å². The fourth-order valence-corrected chi connectivity index (χ4v) is 2.99. The Bertz CT molecular complexity index is 590. The quantitative estimate of drug-likeness (QED) is 0.915. The zero-order valence-electron chi connectivity index (χ0n) is 14.6. The fourth-order valence-electron chi connectivity index (χ4n) is 2.99. The fraction of sp³-hybridized carbons (Fsp3) is 0.556. The Morgan fingerprint density at radius 3 is 2.38 bits per heavy atom. The van der Waals surface area contributed by atoms with Crippen LogP contribution in [-0.4, -0.2) is 47.4 Å². The summed E-state index contributed by atoms with van der Waals surface area (Å²) in [5.41, 5.74) is 0.381. The molecule has 0 aromatic heterocycles. The number of methoxy groups -OCH3 is 1. The van der Waals surface area contributed by atoms with E-state index in [9.17, 15) is 14.7 Å². The molecule has 0 spiro atoms. The predicted octanol–water partition coefficient (Wildman–Crippen LogP) is 2.95. The SMILES string of the molecule is COc1ccc(C[C@H]2CCN(C(=O)OC(C)(C)C)[C@H]2C(=O)O)cc1. The Labute approximate surface area is 142 Å². The molecule has 1 amide bonds. The second-order valence-electron chi connectivity index (χ2n) is 7.06. The van der Waals surface area contributed by atoms with Crippen molar-refractivity contribution in [1.29, 1.82) is 0 Å². The molecular formula is C18H25NO5. The van der Waals surface area contributed by atoms with Crippen LogP contribution in [0.4, 0.5) is 4.79 Å². The Kier molecular flexibility index (Phi) is 5.36. The van der Waals surface area contributed by atoms with Gasteiger partial charge in [-0.05, 0) is 57.2 Å². The van der Waals surface area contributed by atoms with Crippen molar-refractivity contribution in [3.63, 3.8) is 0 Å². The van der Waals surface area contributed by atoms with Crippen LogP contribution in [0.5, 0.6) is 5.75 Å². The minimum absolute atomic E-state index is 0.136. The van der Waals surface area contributed by atoms with Crippen LogP contribution in [0.3, 0.4) is 0 Å². The van der Waals surface area contributed by atoms with Crippen LogP contribution in [0.2, 0.25) is 0 Å². The van der Waals surface area contributed by atoms with Crippen LogP contribution in [0.25, 0.3) is 0 Å². The lowest BCUT2D eigenvalue weighted by atomic mass is 9.92. The molecule has 1 aliphatic rings. The first-order chi connectivity index (χ1) is 11.2. The molecule has 2 atom stereocenters. The van der Waals surface area contributed by atoms with Gasteiger partial charge in [0, 0.05) is 6.54 Å². The van der Waals surface area contributed by atoms with E-state index in [1.807, 2.05) is 24.3 Å². The van der Waals surface area contributed by atoms with E-state index in [2.05, 4.69) is 0 Å². The molecule has 0 unspecified atom stereocenters. The topological polar surface area (TPSA) is 76.1 Å². The van der Waals surface area contributed by atoms with E-state index in [4.69, 9.17) is 9.47 Å². The summed E-state index contributed by atoms with van der Waals surface area (Å²) < 4.78 is 10.5. The number of carbonyl (C=O) groups excluding carboxylic acids is 1. The first-order valence-corrected chi connectivity index (χ1v) is 8.06. The minimum atomic E-state index is -0.989. The van der Waals surface area contributed by atoms with Crippen LogP contribution in [-0.2, 0) is 16.0 Å². The van der Waals surface area contributed by atoms with E-state index in [1.165, 1.54) is 4.90 Å². The van der Waals surface area contributed by atoms with Gasteiger partial charge in [-0.1, -0.05) is 12.1 Å². The molecule has 1 fully saturated rings. The Morgan fingerprint density at radius 1 is 1.25 bits per heavy atom. The highest BCUT2D eigenvalue weighted by Gasteiger charge is 2.43. The highest BCUT2D eigenvalue weighted by molar-refractivity contribution is 5.81. The average molecular weight is 335 g/mol. The van der Waals surface area contributed by atoms with Crippen molar-refractivity contribution in [2.75, 3.05) is 13.7 Å². The van der Waals surface area contributed by atoms with E-state index >= 15 is 0 Å². The molecule has 1 N–H and O–H groups in total. The van der Waals surface area contributed by atoms with Gasteiger partial charge in [0.2, 0.25) is 0 Å². The summed E-state index contributed by atoms with van der Waals surface area (Å²) in [6.45, 7) is 5.70. The summed E-state index contributed by atoms with van der Waals surface area (Å²) >= 11 is 0. The second kappa shape index (κ2) is 7.11. The summed E-state index contributed by atoms with van der Waals surface area (Å²) in [6, 6.07) is 6.70. The first-order valence-electron chi connectivity index (χ1n) is 8.06. The number of carbonyl (C=O) groups is 2. The lowest BCUT2D eigenvalue weighted by Gasteiger charge is -2.28. The van der Waals surface area contributed by atoms with E-state index in [-0.39, 0.29) is 5.92 Å². The maximum Gasteiger partial charge on any atom is 0.411 e. The number of benzene rings is 1. The first kappa shape index (κ1) is 18.1. The van der Waals surface area contributed by atoms with Gasteiger partial charge in [-0.2, -0.15) is 0 Å². The molecule has 2 rings (SSSR count). The molecule has 6 nitrogen and oxygen atoms in total. The van der Waals surface area contributed by atoms with Gasteiger partial charge in [-0.15, -0.1) is 0 Å². The maximum absolute atomic E-state index is 12.3. The standard InChI is InChI=1S/C18H25NO5/c1-18(2,3)24-17(22)19-10-9-13(15(19)16(20)21)11-12-5-7-14(23-4)8-6-12/h5-8,13,15H,9-11H2,1-4H3,(H,20,21)/t13-,15-/m1/s1. The summed E-state index contributed by atoms with van der Waals surface area (Å²) in [4.78, 5) is 25.3. The molecular weight excluding hydrogens is 310 g/mol. The average Bonchev–Trinajstić information content (AvgIpc) is 2.90. The van der Waals surface area contributed by atoms with Crippen LogP contribution >= 0.6 is 0 Å². The van der Waals surface area contributed by atoms with Gasteiger partial charge < -0.3 is 14.6 Å². The molecule has 0 bridgehead atoms. The molecule has 0 aliphatic carbocycles. The maximum atomic E-state index is 12.3. The van der Waals surface area contributed by atoms with Crippen LogP contribution in [0.1, 0.15) is 32.8 Å². The number of ether oxygens (including phenoxy) is 2. The summed E-state index contributed by atoms with van der Waals surface area (Å²) in [6.07, 6.45) is 0.676. The Morgan fingerprint density at radius 2 is 1.88 bits per heavy atom. The second-order valence-corrected chi connectivity index (χ2v) is 7.06. The third-order valence-corrected chi connectivity index (χ3v) is 4.06. The largest absolute Gasteiger partial charge is 0.497 e. The lowest BCUT2D eigenvalue weighted by molar-refractivity contribution is -0.143. The van der Waals surface area contributed by atoms with Crippen LogP contribution in [0, 0.1) is 5.92 Å². The highest BCUT2D eigenvalue weighted by Crippen LogP contribution is 2.30. The molecule has 1 aromatic carbocycles. The lowest BCUT2D eigenvalue weighted by Crippen LogP contribution is -2.45. The molecule has 1 aliphatic heterocycles. The zero-order valence-corrected chi connectivity index (χ0v) is 14.6. The minimum Gasteiger partial charge on any atom is -0.497 e. The van der Waals surface area contributed by atoms with Crippen molar-refractivity contribution in [2.45, 2.75) is 45.3 Å². The Hall–Kier alpha value is -2.24. The monoisotopic (exact) mass is 335 g/mol. The van der Waals surface area contributed by atoms with Gasteiger partial charge in [0.05, 0.1) is 7.11 Å². The van der Waals surface area contributed by atoms with Gasteiger partial charge in [-0.3, -0.25) is 4.90 Å². The molecule has 1 saturated heterocycles. The number of aliphatic carboxylic acids is 1. The molecule has 0 saturated carbocycles. The van der Waals surface area contributed by atoms with E-state index < -0.39 is 23.7 Å². The number of likely N-dealkylation sites (tertiary alicyclic amines) is 1. The van der Waals surface area contributed by atoms with Crippen molar-refractivity contribution < 1.29 is 24.2 Å². The van der Waals surface area contributed by atoms with Crippen molar-refractivity contribution in [1.82, 2.24) is 4.90 Å². The number of rotatable bonds is 4.